The van der Waals surface area contributed by atoms with Gasteiger partial charge in [0, 0.05) is 11.1 Å². The van der Waals surface area contributed by atoms with Crippen molar-refractivity contribution in [1.82, 2.24) is 0 Å². The van der Waals surface area contributed by atoms with Crippen molar-refractivity contribution in [3.63, 3.8) is 0 Å². The molecule has 0 bridgehead atoms. The van der Waals surface area contributed by atoms with Crippen LogP contribution in [0.5, 0.6) is 11.5 Å². The lowest BCUT2D eigenvalue weighted by molar-refractivity contribution is 0.480. The van der Waals surface area contributed by atoms with E-state index in [1.165, 1.54) is 0 Å². The third-order valence-corrected chi connectivity index (χ3v) is 4.57. The Bertz CT molecular complexity index is 1030. The Hall–Kier alpha value is -4.10. The van der Waals surface area contributed by atoms with Crippen LogP contribution in [0.15, 0.2) is 122 Å². The van der Waals surface area contributed by atoms with Crippen LogP contribution in [-0.2, 0) is 0 Å². The number of benzene rings is 4. The topological polar surface area (TPSA) is 9.23 Å². The Balaban J connectivity index is 0.00000132. The second kappa shape index (κ2) is 11.8. The maximum absolute atomic E-state index is 6.31. The summed E-state index contributed by atoms with van der Waals surface area (Å²) in [5.74, 6) is 1.67. The molecule has 1 nitrogen and oxygen atoms in total. The average molecular weight is 403 g/mol. The molecule has 0 saturated carbocycles. The van der Waals surface area contributed by atoms with E-state index >= 15 is 0 Å². The van der Waals surface area contributed by atoms with Gasteiger partial charge >= 0.3 is 0 Å². The fourth-order valence-electron chi connectivity index (χ4n) is 3.04. The fourth-order valence-corrected chi connectivity index (χ4v) is 3.04. The molecule has 0 radical (unpaired) electrons. The van der Waals surface area contributed by atoms with E-state index in [1.807, 2.05) is 72.8 Å². The maximum atomic E-state index is 6.31. The first-order chi connectivity index (χ1) is 15.4. The number of hydrogen-bond acceptors (Lipinski definition) is 1. The molecule has 0 aliphatic carbocycles. The standard InChI is InChI=1S/C28H22O.C2H4/c1-3-11-23(12-4-1)19-21-25-15-7-9-17-27(25)29-28-18-10-8-16-26(28)22-20-24-13-5-2-6-14-24;1-2/h1-22H;1-2H2. The average Bonchev–Trinajstić information content (AvgIpc) is 2.85. The molecule has 0 heterocycles. The predicted molar refractivity (Wildman–Crippen MR) is 135 cm³/mol. The molecule has 0 N–H and O–H groups in total. The molecule has 0 atom stereocenters. The minimum atomic E-state index is 0.834. The normalized spacial score (nSPS) is 10.6. The first-order valence-electron chi connectivity index (χ1n) is 10.2. The van der Waals surface area contributed by atoms with Gasteiger partial charge in [0.1, 0.15) is 11.5 Å². The van der Waals surface area contributed by atoms with Crippen molar-refractivity contribution in [2.75, 3.05) is 0 Å². The summed E-state index contributed by atoms with van der Waals surface area (Å²) in [7, 11) is 0. The van der Waals surface area contributed by atoms with Gasteiger partial charge in [-0.2, -0.15) is 0 Å². The number of para-hydroxylation sites is 2. The van der Waals surface area contributed by atoms with E-state index in [9.17, 15) is 0 Å². The molecule has 1 heteroatoms. The summed E-state index contributed by atoms with van der Waals surface area (Å²) in [5, 5.41) is 0. The van der Waals surface area contributed by atoms with Crippen LogP contribution >= 0.6 is 0 Å². The van der Waals surface area contributed by atoms with Crippen molar-refractivity contribution < 1.29 is 4.74 Å². The quantitative estimate of drug-likeness (QED) is 0.232. The van der Waals surface area contributed by atoms with Gasteiger partial charge in [-0.05, 0) is 23.3 Å². The Morgan fingerprint density at radius 2 is 0.774 bits per heavy atom. The summed E-state index contributed by atoms with van der Waals surface area (Å²) in [6.45, 7) is 6.00. The molecule has 0 unspecified atom stereocenters. The van der Waals surface area contributed by atoms with Gasteiger partial charge in [-0.25, -0.2) is 0 Å². The Labute approximate surface area is 185 Å². The lowest BCUT2D eigenvalue weighted by atomic mass is 10.1. The first kappa shape index (κ1) is 21.6. The van der Waals surface area contributed by atoms with E-state index in [0.29, 0.717) is 0 Å². The lowest BCUT2D eigenvalue weighted by Gasteiger charge is -2.11. The minimum Gasteiger partial charge on any atom is -0.456 e. The van der Waals surface area contributed by atoms with Gasteiger partial charge in [-0.3, -0.25) is 0 Å². The molecule has 0 amide bonds. The smallest absolute Gasteiger partial charge is 0.134 e. The van der Waals surface area contributed by atoms with Gasteiger partial charge in [0.05, 0.1) is 0 Å². The van der Waals surface area contributed by atoms with E-state index in [-0.39, 0.29) is 0 Å². The van der Waals surface area contributed by atoms with Gasteiger partial charge in [-0.15, -0.1) is 13.2 Å². The van der Waals surface area contributed by atoms with E-state index in [0.717, 1.165) is 33.8 Å². The van der Waals surface area contributed by atoms with Crippen molar-refractivity contribution in [2.45, 2.75) is 0 Å². The Kier molecular flexibility index (Phi) is 8.22. The molecule has 4 rings (SSSR count). The van der Waals surface area contributed by atoms with Gasteiger partial charge < -0.3 is 4.74 Å². The maximum Gasteiger partial charge on any atom is 0.134 e. The molecule has 4 aromatic carbocycles. The molecule has 0 aromatic heterocycles. The molecular formula is C30H26O. The van der Waals surface area contributed by atoms with Crippen LogP contribution in [0.1, 0.15) is 22.3 Å². The summed E-state index contributed by atoms with van der Waals surface area (Å²) in [6.07, 6.45) is 8.38. The molecule has 0 fully saturated rings. The molecule has 0 spiro atoms. The monoisotopic (exact) mass is 402 g/mol. The summed E-state index contributed by atoms with van der Waals surface area (Å²) in [6, 6.07) is 36.7. The van der Waals surface area contributed by atoms with E-state index in [4.69, 9.17) is 4.74 Å². The van der Waals surface area contributed by atoms with Crippen molar-refractivity contribution in [1.29, 1.82) is 0 Å². The SMILES string of the molecule is C(=Cc1ccccc1Oc1ccccc1C=Cc1ccccc1)c1ccccc1.C=C. The number of ether oxygens (including phenoxy) is 1. The third kappa shape index (κ3) is 6.45. The van der Waals surface area contributed by atoms with Gasteiger partial charge in [0.15, 0.2) is 0 Å². The van der Waals surface area contributed by atoms with Gasteiger partial charge in [-0.1, -0.05) is 121 Å². The van der Waals surface area contributed by atoms with Crippen LogP contribution in [0.25, 0.3) is 24.3 Å². The van der Waals surface area contributed by atoms with Gasteiger partial charge in [0.2, 0.25) is 0 Å². The highest BCUT2D eigenvalue weighted by Crippen LogP contribution is 2.30. The van der Waals surface area contributed by atoms with Crippen LogP contribution < -0.4 is 4.74 Å². The Morgan fingerprint density at radius 3 is 1.19 bits per heavy atom. The van der Waals surface area contributed by atoms with Crippen LogP contribution in [0.2, 0.25) is 0 Å². The number of rotatable bonds is 6. The molecule has 0 aliphatic heterocycles. The molecule has 31 heavy (non-hydrogen) atoms. The zero-order valence-corrected chi connectivity index (χ0v) is 17.5. The third-order valence-electron chi connectivity index (χ3n) is 4.57. The second-order valence-electron chi connectivity index (χ2n) is 6.67. The molecule has 4 aromatic rings. The van der Waals surface area contributed by atoms with Crippen LogP contribution in [0.3, 0.4) is 0 Å². The van der Waals surface area contributed by atoms with Crippen LogP contribution in [-0.4, -0.2) is 0 Å². The van der Waals surface area contributed by atoms with E-state index < -0.39 is 0 Å². The summed E-state index contributed by atoms with van der Waals surface area (Å²) in [5.41, 5.74) is 4.40. The van der Waals surface area contributed by atoms with Gasteiger partial charge in [0.25, 0.3) is 0 Å². The van der Waals surface area contributed by atoms with E-state index in [1.54, 1.807) is 0 Å². The minimum absolute atomic E-state index is 0.834. The molecule has 0 saturated heterocycles. The van der Waals surface area contributed by atoms with Crippen molar-refractivity contribution in [3.05, 3.63) is 145 Å². The highest BCUT2D eigenvalue weighted by Gasteiger charge is 2.05. The fraction of sp³-hybridized carbons (Fsp3) is 0. The van der Waals surface area contributed by atoms with Crippen LogP contribution in [0, 0.1) is 0 Å². The highest BCUT2D eigenvalue weighted by molar-refractivity contribution is 5.74. The lowest BCUT2D eigenvalue weighted by Crippen LogP contribution is -1.89. The molecule has 152 valence electrons. The molecular weight excluding hydrogens is 376 g/mol. The van der Waals surface area contributed by atoms with E-state index in [2.05, 4.69) is 73.9 Å². The zero-order valence-electron chi connectivity index (χ0n) is 17.5. The molecule has 0 aliphatic rings. The van der Waals surface area contributed by atoms with Crippen molar-refractivity contribution >= 4 is 24.3 Å². The highest BCUT2D eigenvalue weighted by atomic mass is 16.5. The van der Waals surface area contributed by atoms with Crippen molar-refractivity contribution in [2.24, 2.45) is 0 Å². The summed E-state index contributed by atoms with van der Waals surface area (Å²) >= 11 is 0. The zero-order chi connectivity index (χ0) is 21.7. The largest absolute Gasteiger partial charge is 0.456 e. The summed E-state index contributed by atoms with van der Waals surface area (Å²) in [4.78, 5) is 0. The second-order valence-corrected chi connectivity index (χ2v) is 6.67. The van der Waals surface area contributed by atoms with Crippen LogP contribution in [0.4, 0.5) is 0 Å². The predicted octanol–water partition coefficient (Wildman–Crippen LogP) is 8.62. The van der Waals surface area contributed by atoms with Crippen molar-refractivity contribution in [3.8, 4) is 11.5 Å². The number of hydrogen-bond donors (Lipinski definition) is 0. The first-order valence-corrected chi connectivity index (χ1v) is 10.2. The Morgan fingerprint density at radius 1 is 0.419 bits per heavy atom. The summed E-state index contributed by atoms with van der Waals surface area (Å²) < 4.78 is 6.31.